The molecule has 2 aromatic rings. The first-order valence-corrected chi connectivity index (χ1v) is 6.47. The van der Waals surface area contributed by atoms with Gasteiger partial charge in [0.1, 0.15) is 11.4 Å². The predicted molar refractivity (Wildman–Crippen MR) is 66.7 cm³/mol. The van der Waals surface area contributed by atoms with Crippen LogP contribution in [-0.2, 0) is 0 Å². The molecule has 1 fully saturated rings. The molecular weight excluding hydrogens is 230 g/mol. The Kier molecular flexibility index (Phi) is 3.00. The fraction of sp³-hybridized carbons (Fsp3) is 0.583. The van der Waals surface area contributed by atoms with Crippen molar-refractivity contribution in [3.63, 3.8) is 0 Å². The summed E-state index contributed by atoms with van der Waals surface area (Å²) < 4.78 is 5.28. The fourth-order valence-electron chi connectivity index (χ4n) is 2.51. The number of nitrogens with two attached hydrogens (primary N) is 1. The third-order valence-corrected chi connectivity index (χ3v) is 3.56. The van der Waals surface area contributed by atoms with Crippen LogP contribution in [-0.4, -0.2) is 20.3 Å². The van der Waals surface area contributed by atoms with E-state index in [1.807, 2.05) is 0 Å². The van der Waals surface area contributed by atoms with Crippen molar-refractivity contribution in [3.05, 3.63) is 12.0 Å². The number of H-pyrrole nitrogens is 1. The molecule has 0 amide bonds. The molecular formula is C12H17N5O. The topological polar surface area (TPSA) is 93.6 Å². The third-order valence-electron chi connectivity index (χ3n) is 3.56. The molecule has 0 radical (unpaired) electrons. The number of hydrogen-bond donors (Lipinski definition) is 2. The van der Waals surface area contributed by atoms with Gasteiger partial charge in [0, 0.05) is 5.92 Å². The van der Waals surface area contributed by atoms with Crippen LogP contribution in [0.3, 0.4) is 0 Å². The normalized spacial score (nSPS) is 17.8. The van der Waals surface area contributed by atoms with Gasteiger partial charge in [-0.15, -0.1) is 0 Å². The van der Waals surface area contributed by atoms with Gasteiger partial charge in [-0.05, 0) is 12.8 Å². The molecule has 3 N–H and O–H groups in total. The third kappa shape index (κ3) is 2.10. The van der Waals surface area contributed by atoms with Crippen LogP contribution in [0, 0.1) is 0 Å². The minimum Gasteiger partial charge on any atom is -0.383 e. The predicted octanol–water partition coefficient (Wildman–Crippen LogP) is 2.48. The Balaban J connectivity index is 1.82. The lowest BCUT2D eigenvalue weighted by atomic mass is 10.00. The molecule has 96 valence electrons. The number of anilines is 1. The van der Waals surface area contributed by atoms with E-state index in [-0.39, 0.29) is 0 Å². The van der Waals surface area contributed by atoms with Gasteiger partial charge in [0.25, 0.3) is 5.89 Å². The van der Waals surface area contributed by atoms with E-state index in [2.05, 4.69) is 20.3 Å². The zero-order valence-corrected chi connectivity index (χ0v) is 10.2. The van der Waals surface area contributed by atoms with Crippen LogP contribution in [0.5, 0.6) is 0 Å². The van der Waals surface area contributed by atoms with Crippen molar-refractivity contribution in [1.29, 1.82) is 0 Å². The van der Waals surface area contributed by atoms with E-state index in [0.29, 0.717) is 23.2 Å². The van der Waals surface area contributed by atoms with Gasteiger partial charge < -0.3 is 10.3 Å². The molecule has 0 bridgehead atoms. The smallest absolute Gasteiger partial charge is 0.263 e. The molecule has 0 aliphatic heterocycles. The fourth-order valence-corrected chi connectivity index (χ4v) is 2.51. The number of aromatic amines is 1. The summed E-state index contributed by atoms with van der Waals surface area (Å²) in [6.07, 6.45) is 9.05. The van der Waals surface area contributed by atoms with Gasteiger partial charge in [0.05, 0.1) is 6.20 Å². The van der Waals surface area contributed by atoms with Gasteiger partial charge in [0.2, 0.25) is 0 Å². The lowest BCUT2D eigenvalue weighted by Crippen LogP contribution is -1.99. The van der Waals surface area contributed by atoms with E-state index >= 15 is 0 Å². The molecule has 1 saturated carbocycles. The van der Waals surface area contributed by atoms with E-state index < -0.39 is 0 Å². The van der Waals surface area contributed by atoms with Crippen molar-refractivity contribution in [2.45, 2.75) is 44.4 Å². The molecule has 0 atom stereocenters. The average molecular weight is 247 g/mol. The second kappa shape index (κ2) is 4.80. The van der Waals surface area contributed by atoms with Gasteiger partial charge in [-0.25, -0.2) is 0 Å². The van der Waals surface area contributed by atoms with E-state index in [4.69, 9.17) is 10.3 Å². The zero-order valence-electron chi connectivity index (χ0n) is 10.2. The summed E-state index contributed by atoms with van der Waals surface area (Å²) in [6, 6.07) is 0. The van der Waals surface area contributed by atoms with Crippen molar-refractivity contribution >= 4 is 5.82 Å². The summed E-state index contributed by atoms with van der Waals surface area (Å²) in [6.45, 7) is 0. The minimum atomic E-state index is 0.429. The highest BCUT2D eigenvalue weighted by Crippen LogP contribution is 2.31. The maximum atomic E-state index is 5.74. The second-order valence-electron chi connectivity index (χ2n) is 4.84. The molecule has 1 aliphatic rings. The van der Waals surface area contributed by atoms with E-state index in [1.165, 1.54) is 25.7 Å². The van der Waals surface area contributed by atoms with Crippen molar-refractivity contribution in [3.8, 4) is 11.5 Å². The van der Waals surface area contributed by atoms with Gasteiger partial charge in [-0.3, -0.25) is 5.10 Å². The van der Waals surface area contributed by atoms with Crippen molar-refractivity contribution in [1.82, 2.24) is 20.3 Å². The van der Waals surface area contributed by atoms with Crippen molar-refractivity contribution < 1.29 is 4.52 Å². The zero-order chi connectivity index (χ0) is 12.4. The van der Waals surface area contributed by atoms with Crippen LogP contribution < -0.4 is 5.73 Å². The summed E-state index contributed by atoms with van der Waals surface area (Å²) in [5.41, 5.74) is 6.42. The maximum Gasteiger partial charge on any atom is 0.263 e. The highest BCUT2D eigenvalue weighted by Gasteiger charge is 2.21. The van der Waals surface area contributed by atoms with Crippen LogP contribution in [0.25, 0.3) is 11.5 Å². The molecule has 1 aliphatic carbocycles. The number of aromatic nitrogens is 4. The summed E-state index contributed by atoms with van der Waals surface area (Å²) in [7, 11) is 0. The molecule has 2 heterocycles. The molecule has 6 nitrogen and oxygen atoms in total. The maximum absolute atomic E-state index is 5.74. The SMILES string of the molecule is Nc1[nH]ncc1-c1nc(C2CCCCCC2)no1. The minimum absolute atomic E-state index is 0.429. The van der Waals surface area contributed by atoms with Gasteiger partial charge in [-0.2, -0.15) is 10.1 Å². The van der Waals surface area contributed by atoms with Gasteiger partial charge in [0.15, 0.2) is 5.82 Å². The van der Waals surface area contributed by atoms with Crippen molar-refractivity contribution in [2.24, 2.45) is 0 Å². The quantitative estimate of drug-likeness (QED) is 0.795. The Morgan fingerprint density at radius 1 is 1.22 bits per heavy atom. The first-order chi connectivity index (χ1) is 8.84. The highest BCUT2D eigenvalue weighted by molar-refractivity contribution is 5.65. The van der Waals surface area contributed by atoms with Crippen LogP contribution in [0.1, 0.15) is 50.3 Å². The second-order valence-corrected chi connectivity index (χ2v) is 4.84. The lowest BCUT2D eigenvalue weighted by molar-refractivity contribution is 0.410. The molecule has 0 aromatic carbocycles. The van der Waals surface area contributed by atoms with Gasteiger partial charge >= 0.3 is 0 Å². The summed E-state index contributed by atoms with van der Waals surface area (Å²) in [5, 5.41) is 10.6. The average Bonchev–Trinajstić information content (AvgIpc) is 2.91. The lowest BCUT2D eigenvalue weighted by Gasteiger charge is -2.07. The Bertz CT molecular complexity index is 510. The van der Waals surface area contributed by atoms with Crippen LogP contribution in [0.4, 0.5) is 5.82 Å². The Morgan fingerprint density at radius 3 is 2.67 bits per heavy atom. The van der Waals surface area contributed by atoms with Crippen LogP contribution in [0.15, 0.2) is 10.7 Å². The molecule has 3 rings (SSSR count). The number of nitrogens with one attached hydrogen (secondary N) is 1. The molecule has 0 saturated heterocycles. The summed E-state index contributed by atoms with van der Waals surface area (Å²) >= 11 is 0. The summed E-state index contributed by atoms with van der Waals surface area (Å²) in [4.78, 5) is 4.46. The molecule has 0 unspecified atom stereocenters. The van der Waals surface area contributed by atoms with Crippen LogP contribution >= 0.6 is 0 Å². The largest absolute Gasteiger partial charge is 0.383 e. The first kappa shape index (κ1) is 11.3. The van der Waals surface area contributed by atoms with E-state index in [9.17, 15) is 0 Å². The standard InChI is InChI=1S/C12H17N5O/c13-10-9(7-14-16-10)12-15-11(17-18-12)8-5-3-1-2-4-6-8/h7-8H,1-6H2,(H3,13,14,16). The molecule has 18 heavy (non-hydrogen) atoms. The van der Waals surface area contributed by atoms with E-state index in [0.717, 1.165) is 18.7 Å². The molecule has 6 heteroatoms. The van der Waals surface area contributed by atoms with E-state index in [1.54, 1.807) is 6.20 Å². The monoisotopic (exact) mass is 247 g/mol. The van der Waals surface area contributed by atoms with Crippen molar-refractivity contribution in [2.75, 3.05) is 5.73 Å². The molecule has 2 aromatic heterocycles. The number of rotatable bonds is 2. The Labute approximate surface area is 105 Å². The highest BCUT2D eigenvalue weighted by atomic mass is 16.5. The first-order valence-electron chi connectivity index (χ1n) is 6.47. The Hall–Kier alpha value is -1.85. The summed E-state index contributed by atoms with van der Waals surface area (Å²) in [5.74, 6) is 2.16. The van der Waals surface area contributed by atoms with Gasteiger partial charge in [-0.1, -0.05) is 30.8 Å². The Morgan fingerprint density at radius 2 is 2.00 bits per heavy atom. The molecule has 0 spiro atoms. The number of nitrogen functional groups attached to an aromatic ring is 1. The number of hydrogen-bond acceptors (Lipinski definition) is 5. The number of nitrogens with zero attached hydrogens (tertiary/aromatic N) is 3. The van der Waals surface area contributed by atoms with Crippen LogP contribution in [0.2, 0.25) is 0 Å².